The summed E-state index contributed by atoms with van der Waals surface area (Å²) < 4.78 is 0. The minimum Gasteiger partial charge on any atom is -0.335 e. The van der Waals surface area contributed by atoms with Gasteiger partial charge in [-0.1, -0.05) is 12.8 Å². The van der Waals surface area contributed by atoms with Gasteiger partial charge >= 0.3 is 6.03 Å². The molecular weight excluding hydrogens is 240 g/mol. The van der Waals surface area contributed by atoms with E-state index >= 15 is 0 Å². The normalized spacial score (nSPS) is 22.6. The van der Waals surface area contributed by atoms with E-state index < -0.39 is 0 Å². The Morgan fingerprint density at radius 2 is 1.74 bits per heavy atom. The molecule has 2 heterocycles. The number of nitriles is 1. The number of hydrogen-bond acceptors (Lipinski definition) is 3. The average Bonchev–Trinajstić information content (AvgIpc) is 2.70. The fraction of sp³-hybridized carbons (Fsp3) is 0.857. The molecule has 2 aliphatic rings. The number of rotatable bonds is 2. The number of nitrogens with zero attached hydrogens (tertiary/aromatic N) is 3. The van der Waals surface area contributed by atoms with Crippen molar-refractivity contribution in [1.82, 2.24) is 15.1 Å². The highest BCUT2D eigenvalue weighted by Crippen LogP contribution is 2.12. The first-order chi connectivity index (χ1) is 9.29. The van der Waals surface area contributed by atoms with Crippen molar-refractivity contribution in [3.8, 4) is 6.07 Å². The van der Waals surface area contributed by atoms with Gasteiger partial charge in [-0.25, -0.2) is 4.79 Å². The third-order valence-electron chi connectivity index (χ3n) is 4.10. The quantitative estimate of drug-likeness (QED) is 0.770. The van der Waals surface area contributed by atoms with Crippen LogP contribution in [0.2, 0.25) is 0 Å². The highest BCUT2D eigenvalue weighted by Gasteiger charge is 2.23. The van der Waals surface area contributed by atoms with Crippen molar-refractivity contribution in [2.75, 3.05) is 32.7 Å². The van der Waals surface area contributed by atoms with Crippen LogP contribution in [0.3, 0.4) is 0 Å². The van der Waals surface area contributed by atoms with E-state index in [1.165, 1.54) is 12.8 Å². The number of urea groups is 1. The molecule has 2 aliphatic heterocycles. The van der Waals surface area contributed by atoms with Crippen LogP contribution in [0.25, 0.3) is 0 Å². The van der Waals surface area contributed by atoms with E-state index in [0.717, 1.165) is 51.9 Å². The minimum atomic E-state index is 0.112. The summed E-state index contributed by atoms with van der Waals surface area (Å²) in [7, 11) is 0. The first kappa shape index (κ1) is 14.1. The first-order valence-electron chi connectivity index (χ1n) is 7.44. The van der Waals surface area contributed by atoms with Gasteiger partial charge < -0.3 is 10.2 Å². The van der Waals surface area contributed by atoms with Crippen LogP contribution in [0, 0.1) is 11.3 Å². The van der Waals surface area contributed by atoms with Crippen LogP contribution in [-0.4, -0.2) is 54.6 Å². The number of nitrogens with one attached hydrogen (secondary N) is 1. The van der Waals surface area contributed by atoms with Crippen LogP contribution in [-0.2, 0) is 0 Å². The molecule has 0 spiro atoms. The number of carbonyl (C=O) groups is 1. The molecule has 0 unspecified atom stereocenters. The third kappa shape index (κ3) is 4.39. The number of piperidine rings is 1. The van der Waals surface area contributed by atoms with E-state index in [-0.39, 0.29) is 12.1 Å². The summed E-state index contributed by atoms with van der Waals surface area (Å²) in [6, 6.07) is 2.58. The summed E-state index contributed by atoms with van der Waals surface area (Å²) in [5.74, 6) is 0. The Hall–Kier alpha value is -1.28. The van der Waals surface area contributed by atoms with Gasteiger partial charge in [0.1, 0.15) is 0 Å². The number of amides is 2. The molecule has 0 radical (unpaired) electrons. The van der Waals surface area contributed by atoms with Gasteiger partial charge in [-0.05, 0) is 25.7 Å². The van der Waals surface area contributed by atoms with Crippen LogP contribution in [0.4, 0.5) is 4.79 Å². The number of likely N-dealkylation sites (tertiary alicyclic amines) is 2. The van der Waals surface area contributed by atoms with E-state index in [1.807, 2.05) is 4.90 Å². The van der Waals surface area contributed by atoms with Crippen molar-refractivity contribution in [2.24, 2.45) is 0 Å². The molecule has 0 saturated carbocycles. The van der Waals surface area contributed by atoms with Gasteiger partial charge in [0, 0.05) is 32.2 Å². The molecule has 2 fully saturated rings. The van der Waals surface area contributed by atoms with Gasteiger partial charge in [0.2, 0.25) is 0 Å². The highest BCUT2D eigenvalue weighted by molar-refractivity contribution is 5.74. The lowest BCUT2D eigenvalue weighted by atomic mass is 10.1. The van der Waals surface area contributed by atoms with E-state index in [4.69, 9.17) is 5.26 Å². The van der Waals surface area contributed by atoms with Gasteiger partial charge in [-0.15, -0.1) is 0 Å². The first-order valence-corrected chi connectivity index (χ1v) is 7.44. The molecule has 5 heteroatoms. The molecule has 0 atom stereocenters. The molecule has 2 saturated heterocycles. The van der Waals surface area contributed by atoms with E-state index in [0.29, 0.717) is 6.54 Å². The standard InChI is InChI=1S/C14H24N4O/c15-7-12-17-10-5-13(6-11-17)16-14(19)18-8-3-1-2-4-9-18/h13H,1-6,8-12H2,(H,16,19). The van der Waals surface area contributed by atoms with Crippen LogP contribution < -0.4 is 5.32 Å². The van der Waals surface area contributed by atoms with Crippen LogP contribution >= 0.6 is 0 Å². The maximum absolute atomic E-state index is 12.2. The summed E-state index contributed by atoms with van der Waals surface area (Å²) >= 11 is 0. The van der Waals surface area contributed by atoms with Crippen LogP contribution in [0.1, 0.15) is 38.5 Å². The Kier molecular flexibility index (Phi) is 5.46. The van der Waals surface area contributed by atoms with Gasteiger partial charge in [0.05, 0.1) is 12.6 Å². The number of carbonyl (C=O) groups excluding carboxylic acids is 1. The molecule has 5 nitrogen and oxygen atoms in total. The lowest BCUT2D eigenvalue weighted by molar-refractivity contribution is 0.179. The zero-order valence-corrected chi connectivity index (χ0v) is 11.6. The lowest BCUT2D eigenvalue weighted by Crippen LogP contribution is -2.49. The number of hydrogen-bond donors (Lipinski definition) is 1. The zero-order chi connectivity index (χ0) is 13.5. The van der Waals surface area contributed by atoms with Gasteiger partial charge in [-0.2, -0.15) is 5.26 Å². The summed E-state index contributed by atoms with van der Waals surface area (Å²) in [6.07, 6.45) is 6.68. The van der Waals surface area contributed by atoms with E-state index in [1.54, 1.807) is 0 Å². The van der Waals surface area contributed by atoms with Crippen molar-refractivity contribution in [1.29, 1.82) is 5.26 Å². The molecule has 106 valence electrons. The zero-order valence-electron chi connectivity index (χ0n) is 11.6. The van der Waals surface area contributed by atoms with Gasteiger partial charge in [0.25, 0.3) is 0 Å². The summed E-state index contributed by atoms with van der Waals surface area (Å²) in [5.41, 5.74) is 0. The highest BCUT2D eigenvalue weighted by atomic mass is 16.2. The summed E-state index contributed by atoms with van der Waals surface area (Å²) in [5, 5.41) is 11.8. The second-order valence-corrected chi connectivity index (χ2v) is 5.56. The van der Waals surface area contributed by atoms with Crippen molar-refractivity contribution < 1.29 is 4.79 Å². The fourth-order valence-electron chi connectivity index (χ4n) is 2.88. The van der Waals surface area contributed by atoms with E-state index in [2.05, 4.69) is 16.3 Å². The Labute approximate surface area is 115 Å². The second-order valence-electron chi connectivity index (χ2n) is 5.56. The second kappa shape index (κ2) is 7.34. The van der Waals surface area contributed by atoms with E-state index in [9.17, 15) is 4.79 Å². The molecule has 0 bridgehead atoms. The SMILES string of the molecule is N#CCN1CCC(NC(=O)N2CCCCCC2)CC1. The molecule has 2 amide bonds. The average molecular weight is 264 g/mol. The largest absolute Gasteiger partial charge is 0.335 e. The van der Waals surface area contributed by atoms with Crippen LogP contribution in [0.5, 0.6) is 0 Å². The maximum Gasteiger partial charge on any atom is 0.317 e. The van der Waals surface area contributed by atoms with Gasteiger partial charge in [0.15, 0.2) is 0 Å². The van der Waals surface area contributed by atoms with Crippen molar-refractivity contribution in [3.05, 3.63) is 0 Å². The van der Waals surface area contributed by atoms with Crippen LogP contribution in [0.15, 0.2) is 0 Å². The van der Waals surface area contributed by atoms with Crippen molar-refractivity contribution in [2.45, 2.75) is 44.6 Å². The summed E-state index contributed by atoms with van der Waals surface area (Å²) in [4.78, 5) is 16.3. The molecular formula is C14H24N4O. The van der Waals surface area contributed by atoms with Gasteiger partial charge in [-0.3, -0.25) is 4.90 Å². The molecule has 2 rings (SSSR count). The molecule has 1 N–H and O–H groups in total. The Morgan fingerprint density at radius 3 is 2.32 bits per heavy atom. The molecule has 0 aromatic carbocycles. The lowest BCUT2D eigenvalue weighted by Gasteiger charge is -2.32. The molecule has 19 heavy (non-hydrogen) atoms. The molecule has 0 aromatic rings. The Morgan fingerprint density at radius 1 is 1.11 bits per heavy atom. The van der Waals surface area contributed by atoms with Crippen molar-refractivity contribution >= 4 is 6.03 Å². The minimum absolute atomic E-state index is 0.112. The topological polar surface area (TPSA) is 59.4 Å². The predicted molar refractivity (Wildman–Crippen MR) is 73.6 cm³/mol. The molecule has 0 aliphatic carbocycles. The predicted octanol–water partition coefficient (Wildman–Crippen LogP) is 1.56. The Bertz CT molecular complexity index is 323. The molecule has 0 aromatic heterocycles. The summed E-state index contributed by atoms with van der Waals surface area (Å²) in [6.45, 7) is 4.14. The Balaban J connectivity index is 1.72. The van der Waals surface area contributed by atoms with Crippen molar-refractivity contribution in [3.63, 3.8) is 0 Å². The third-order valence-corrected chi connectivity index (χ3v) is 4.10. The maximum atomic E-state index is 12.2. The fourth-order valence-corrected chi connectivity index (χ4v) is 2.88. The monoisotopic (exact) mass is 264 g/mol. The smallest absolute Gasteiger partial charge is 0.317 e.